The molecule has 0 amide bonds. The topological polar surface area (TPSA) is 35.9 Å². The van der Waals surface area contributed by atoms with Crippen LogP contribution in [0.1, 0.15) is 156 Å². The Morgan fingerprint density at radius 2 is 1.16 bits per heavy atom. The van der Waals surface area contributed by atoms with Gasteiger partial charge in [-0.15, -0.1) is 29.7 Å². The zero-order chi connectivity index (χ0) is 75.3. The van der Waals surface area contributed by atoms with E-state index in [1.807, 2.05) is 97.1 Å². The molecule has 0 radical (unpaired) electrons. The van der Waals surface area contributed by atoms with E-state index >= 15 is 0 Å². The van der Waals surface area contributed by atoms with Gasteiger partial charge in [0.1, 0.15) is 5.82 Å². The van der Waals surface area contributed by atoms with E-state index in [9.17, 15) is 17.8 Å². The van der Waals surface area contributed by atoms with Gasteiger partial charge in [-0.25, -0.2) is 4.98 Å². The Hall–Kier alpha value is -8.11. The summed E-state index contributed by atoms with van der Waals surface area (Å²) in [5.74, 6) is 1.32. The van der Waals surface area contributed by atoms with Gasteiger partial charge in [-0.2, -0.15) is 18.2 Å². The van der Waals surface area contributed by atoms with Crippen molar-refractivity contribution in [1.29, 1.82) is 0 Å². The van der Waals surface area contributed by atoms with Crippen molar-refractivity contribution in [1.82, 2.24) is 14.1 Å². The van der Waals surface area contributed by atoms with Crippen LogP contribution in [-0.2, 0) is 48.1 Å². The number of aromatic nitrogens is 4. The summed E-state index contributed by atoms with van der Waals surface area (Å²) in [5, 5.41) is 1.91. The molecule has 6 heteroatoms. The fourth-order valence-electron chi connectivity index (χ4n) is 12.1. The third-order valence-electron chi connectivity index (χ3n) is 16.6. The third kappa shape index (κ3) is 9.66. The summed E-state index contributed by atoms with van der Waals surface area (Å²) in [4.78, 5) is 4.85. The summed E-state index contributed by atoms with van der Waals surface area (Å²) in [7, 11) is 0. The maximum Gasteiger partial charge on any atom is 0.268 e. The van der Waals surface area contributed by atoms with Crippen LogP contribution >= 0.6 is 0 Å². The minimum atomic E-state index is -4.54. The van der Waals surface area contributed by atoms with Crippen LogP contribution in [0.15, 0.2) is 188 Å². The molecule has 14 rings (SSSR count). The Morgan fingerprint density at radius 3 is 1.91 bits per heavy atom. The van der Waals surface area contributed by atoms with Crippen molar-refractivity contribution in [2.45, 2.75) is 130 Å². The number of fused-ring (bicyclic) bond motifs is 11. The van der Waals surface area contributed by atoms with Gasteiger partial charge in [-0.1, -0.05) is 223 Å². The van der Waals surface area contributed by atoms with Crippen LogP contribution in [0, 0.1) is 18.5 Å². The quantitative estimate of drug-likeness (QED) is 0.123. The van der Waals surface area contributed by atoms with Gasteiger partial charge in [-0.3, -0.25) is 4.57 Å². The average Bonchev–Trinajstić information content (AvgIpc) is 1.08. The molecule has 2 aliphatic rings. The van der Waals surface area contributed by atoms with Gasteiger partial charge in [0.05, 0.1) is 20.8 Å². The second-order valence-electron chi connectivity index (χ2n) is 25.6. The molecule has 0 fully saturated rings. The molecule has 0 bridgehead atoms. The maximum atomic E-state index is 10.6. The molecule has 3 aromatic heterocycles. The molecule has 86 heavy (non-hydrogen) atoms. The molecular weight excluding hydrogens is 1230 g/mol. The molecule has 9 aromatic carbocycles. The minimum Gasteiger partial charge on any atom is -0.510 e. The molecule has 0 saturated heterocycles. The third-order valence-corrected chi connectivity index (χ3v) is 16.6. The number of ether oxygens (including phenoxy) is 1. The normalized spacial score (nSPS) is 19.3. The van der Waals surface area contributed by atoms with E-state index in [1.165, 1.54) is 6.07 Å². The standard InChI is InChI=1S/C80H74N4O.Pt/c1-76(2,3)53-37-40-81-73(46-53)84-70-29-17-16-25-63(70)64-35-33-58(48-72(64)84)85-57-22-18-21-56(47-57)82-49-83-74-59(51-32-36-68-69(44-51)80(12,13)39-38-79(68,10)11)26-19-27-66(74)67-43-50(52-41-54(77(4,5)6)45-55(42-52)78(7,8)9)31-34-62(67)60-23-14-15-24-61(60)65-28-20-30-71(82)75(65)83;/h14-37,40-46H,38-39H2,1-13H3;/q-2;/i10D3,11D3,12D3,13D3,32D,36D,38D2,39D2,44D;. The average molecular weight is 1320 g/mol. The zero-order valence-electron chi connectivity index (χ0n) is 68.2. The van der Waals surface area contributed by atoms with Gasteiger partial charge in [0.2, 0.25) is 0 Å². The van der Waals surface area contributed by atoms with E-state index in [1.54, 1.807) is 45.7 Å². The van der Waals surface area contributed by atoms with E-state index in [4.69, 9.17) is 17.9 Å². The fourth-order valence-corrected chi connectivity index (χ4v) is 12.1. The molecule has 0 atom stereocenters. The number of nitrogens with zero attached hydrogens (tertiary/aromatic N) is 4. The number of hydrogen-bond acceptors (Lipinski definition) is 2. The van der Waals surface area contributed by atoms with Gasteiger partial charge in [0, 0.05) is 66.2 Å². The first-order chi connectivity index (χ1) is 48.3. The number of para-hydroxylation sites is 3. The Morgan fingerprint density at radius 1 is 0.535 bits per heavy atom. The number of pyridine rings is 1. The van der Waals surface area contributed by atoms with Crippen LogP contribution in [0.2, 0.25) is 0 Å². The van der Waals surface area contributed by atoms with Crippen molar-refractivity contribution in [3.8, 4) is 84.3 Å². The van der Waals surface area contributed by atoms with E-state index < -0.39 is 85.8 Å². The molecule has 0 N–H and O–H groups in total. The van der Waals surface area contributed by atoms with Crippen LogP contribution in [0.3, 0.4) is 0 Å². The second kappa shape index (κ2) is 20.5. The van der Waals surface area contributed by atoms with E-state index in [0.717, 1.165) is 55.2 Å². The first-order valence-corrected chi connectivity index (χ1v) is 28.6. The predicted molar refractivity (Wildman–Crippen MR) is 352 cm³/mol. The SMILES string of the molecule is [2H]c1c([2H])c2c(c([2H])c1-c1cccc3c1-[n+]1[c-]n(-c4[c-]c(Oc5[c-]c6c(cc5)c5ccccc5n6-c5cc(C(C)(C)C)ccn5)ccc4)c4cccc(c41)-c1ccccc1-c1ccc(-c4cc(C(C)(C)C)cc(C(C)(C)C)c4)cc1-3)C(C([2H])([2H])[2H])(C([2H])([2H])[2H])C([2H])([2H])C([2H])([2H])C2(C([2H])([2H])[2H])C([2H])([2H])[2H].[Pt]. The smallest absolute Gasteiger partial charge is 0.268 e. The minimum absolute atomic E-state index is 0. The van der Waals surface area contributed by atoms with Crippen molar-refractivity contribution >= 4 is 32.8 Å². The first-order valence-electron chi connectivity index (χ1n) is 38.1. The van der Waals surface area contributed by atoms with Crippen LogP contribution in [0.5, 0.6) is 11.5 Å². The molecule has 0 spiro atoms. The number of benzene rings is 9. The largest absolute Gasteiger partial charge is 0.510 e. The molecule has 12 aromatic rings. The first kappa shape index (κ1) is 38.8. The number of imidazole rings is 1. The van der Waals surface area contributed by atoms with E-state index in [-0.39, 0.29) is 54.3 Å². The summed E-state index contributed by atoms with van der Waals surface area (Å²) in [6.45, 7) is 2.24. The number of hydrogen-bond donors (Lipinski definition) is 0. The summed E-state index contributed by atoms with van der Waals surface area (Å²) in [6.07, 6.45) is -3.65. The summed E-state index contributed by atoms with van der Waals surface area (Å²) >= 11 is 0. The van der Waals surface area contributed by atoms with Crippen LogP contribution < -0.4 is 9.30 Å². The van der Waals surface area contributed by atoms with Gasteiger partial charge >= 0.3 is 0 Å². The molecule has 1 aliphatic carbocycles. The fraction of sp³-hybridized carbons (Fsp3) is 0.250. The van der Waals surface area contributed by atoms with Crippen LogP contribution in [0.25, 0.3) is 106 Å². The Labute approximate surface area is 549 Å². The van der Waals surface area contributed by atoms with Gasteiger partial charge in [-0.05, 0) is 159 Å². The molecule has 0 saturated carbocycles. The van der Waals surface area contributed by atoms with Crippen LogP contribution in [-0.4, -0.2) is 14.1 Å². The molecule has 432 valence electrons. The van der Waals surface area contributed by atoms with Crippen molar-refractivity contribution in [2.24, 2.45) is 0 Å². The van der Waals surface area contributed by atoms with E-state index in [2.05, 4.69) is 116 Å². The predicted octanol–water partition coefficient (Wildman–Crippen LogP) is 20.5. The summed E-state index contributed by atoms with van der Waals surface area (Å²) in [6, 6.07) is 55.3. The molecular formula is C80H74N4OPt-2. The second-order valence-corrected chi connectivity index (χ2v) is 25.6. The Kier molecular flexibility index (Phi) is 9.27. The van der Waals surface area contributed by atoms with Crippen molar-refractivity contribution in [3.63, 3.8) is 0 Å². The van der Waals surface area contributed by atoms with Gasteiger partial charge in [0.15, 0.2) is 0 Å². The molecule has 4 heterocycles. The van der Waals surface area contributed by atoms with Gasteiger partial charge < -0.3 is 13.9 Å². The van der Waals surface area contributed by atoms with Crippen LogP contribution in [0.4, 0.5) is 0 Å². The Balaban J connectivity index is 0.00000978. The van der Waals surface area contributed by atoms with E-state index in [0.29, 0.717) is 56.1 Å². The van der Waals surface area contributed by atoms with Crippen molar-refractivity contribution < 1.29 is 56.4 Å². The summed E-state index contributed by atoms with van der Waals surface area (Å²) in [5.41, 5.74) is -1.82. The van der Waals surface area contributed by atoms with Crippen molar-refractivity contribution in [3.05, 3.63) is 234 Å². The van der Waals surface area contributed by atoms with Gasteiger partial charge in [0.25, 0.3) is 6.33 Å². The number of rotatable bonds is 6. The molecule has 5 nitrogen and oxygen atoms in total. The zero-order valence-corrected chi connectivity index (χ0v) is 51.5. The van der Waals surface area contributed by atoms with Crippen molar-refractivity contribution in [2.75, 3.05) is 0 Å². The monoisotopic (exact) mass is 1320 g/mol. The maximum absolute atomic E-state index is 10.6. The molecule has 0 unspecified atom stereocenters. The summed E-state index contributed by atoms with van der Waals surface area (Å²) < 4.78 is 191. The molecule has 1 aliphatic heterocycles. The Bertz CT molecular complexity index is 5500.